The van der Waals surface area contributed by atoms with E-state index in [0.717, 1.165) is 21.7 Å². The highest BCUT2D eigenvalue weighted by atomic mass is 16.4. The molecule has 118 valence electrons. The van der Waals surface area contributed by atoms with Crippen LogP contribution in [0, 0.1) is 0 Å². The SMILES string of the molecule is O=C(O)c1cc2cccc3c4c[nH]nc4ccoccccn1c23. The van der Waals surface area contributed by atoms with E-state index >= 15 is 0 Å². The molecule has 0 atom stereocenters. The molecule has 0 radical (unpaired) electrons. The van der Waals surface area contributed by atoms with Gasteiger partial charge in [0.2, 0.25) is 0 Å². The molecule has 0 saturated heterocycles. The number of aromatic nitrogens is 3. The summed E-state index contributed by atoms with van der Waals surface area (Å²) < 4.78 is 6.93. The Morgan fingerprint density at radius 2 is 2.04 bits per heavy atom. The fourth-order valence-corrected chi connectivity index (χ4v) is 2.84. The van der Waals surface area contributed by atoms with Gasteiger partial charge < -0.3 is 13.9 Å². The smallest absolute Gasteiger partial charge is 0.352 e. The predicted molar refractivity (Wildman–Crippen MR) is 90.2 cm³/mol. The van der Waals surface area contributed by atoms with E-state index in [4.69, 9.17) is 4.42 Å². The van der Waals surface area contributed by atoms with Crippen molar-refractivity contribution < 1.29 is 14.3 Å². The fourth-order valence-electron chi connectivity index (χ4n) is 2.84. The second-order valence-electron chi connectivity index (χ2n) is 5.24. The van der Waals surface area contributed by atoms with E-state index in [0.29, 0.717) is 5.52 Å². The van der Waals surface area contributed by atoms with Gasteiger partial charge in [0.25, 0.3) is 0 Å². The zero-order valence-electron chi connectivity index (χ0n) is 12.5. The van der Waals surface area contributed by atoms with Crippen molar-refractivity contribution in [2.75, 3.05) is 0 Å². The summed E-state index contributed by atoms with van der Waals surface area (Å²) in [5.74, 6) is -0.985. The van der Waals surface area contributed by atoms with Gasteiger partial charge in [0.1, 0.15) is 5.69 Å². The summed E-state index contributed by atoms with van der Waals surface area (Å²) in [5.41, 5.74) is 1.72. The molecule has 3 aromatic heterocycles. The molecule has 0 bridgehead atoms. The maximum absolute atomic E-state index is 11.6. The van der Waals surface area contributed by atoms with Gasteiger partial charge in [0.05, 0.1) is 23.6 Å². The number of hydrogen-bond donors (Lipinski definition) is 2. The van der Waals surface area contributed by atoms with Gasteiger partial charge in [-0.2, -0.15) is 5.10 Å². The molecule has 0 unspecified atom stereocenters. The summed E-state index contributed by atoms with van der Waals surface area (Å²) >= 11 is 0. The molecule has 3 heterocycles. The number of carboxylic acids is 1. The number of rotatable bonds is 1. The number of nitrogens with zero attached hydrogens (tertiary/aromatic N) is 2. The van der Waals surface area contributed by atoms with E-state index in [1.807, 2.05) is 18.2 Å². The minimum absolute atomic E-state index is 0.195. The monoisotopic (exact) mass is 319 g/mol. The van der Waals surface area contributed by atoms with Crippen molar-refractivity contribution in [2.24, 2.45) is 0 Å². The van der Waals surface area contributed by atoms with E-state index in [-0.39, 0.29) is 5.69 Å². The van der Waals surface area contributed by atoms with Gasteiger partial charge in [-0.25, -0.2) is 4.79 Å². The van der Waals surface area contributed by atoms with Crippen molar-refractivity contribution in [1.82, 2.24) is 14.6 Å². The van der Waals surface area contributed by atoms with Crippen LogP contribution in [-0.2, 0) is 0 Å². The van der Waals surface area contributed by atoms with Crippen LogP contribution in [0.3, 0.4) is 0 Å². The summed E-state index contributed by atoms with van der Waals surface area (Å²) in [4.78, 5) is 11.6. The number of H-pyrrole nitrogens is 1. The summed E-state index contributed by atoms with van der Waals surface area (Å²) in [6, 6.07) is 12.6. The lowest BCUT2D eigenvalue weighted by Crippen LogP contribution is -2.00. The molecule has 0 aliphatic heterocycles. The lowest BCUT2D eigenvalue weighted by molar-refractivity contribution is 0.0689. The number of nitrogens with one attached hydrogen (secondary N) is 1. The number of hydrogen-bond acceptors (Lipinski definition) is 3. The number of para-hydroxylation sites is 1. The zero-order valence-corrected chi connectivity index (χ0v) is 12.5. The average Bonchev–Trinajstić information content (AvgIpc) is 3.17. The molecule has 4 rings (SSSR count). The normalized spacial score (nSPS) is 10.8. The Labute approximate surface area is 135 Å². The minimum atomic E-state index is -0.985. The molecule has 0 saturated carbocycles. The lowest BCUT2D eigenvalue weighted by atomic mass is 10.1. The van der Waals surface area contributed by atoms with Crippen LogP contribution in [0.15, 0.2) is 71.8 Å². The molecule has 24 heavy (non-hydrogen) atoms. The third-order valence-electron chi connectivity index (χ3n) is 3.85. The number of benzene rings is 1. The van der Waals surface area contributed by atoms with Crippen LogP contribution in [0.4, 0.5) is 0 Å². The summed E-state index contributed by atoms with van der Waals surface area (Å²) in [6.07, 6.45) is 6.55. The van der Waals surface area contributed by atoms with Gasteiger partial charge in [-0.15, -0.1) is 0 Å². The second kappa shape index (κ2) is 5.58. The Balaban J connectivity index is 2.34. The van der Waals surface area contributed by atoms with Crippen LogP contribution in [0.25, 0.3) is 27.2 Å². The standard InChI is InChI=1S/C18H13N3O3/c22-18(23)16-10-12-4-3-5-13-14-11-19-20-15(14)6-9-24-8-2-1-7-21(16)17(12)13/h1-11H,(H,19,20)(H,22,23). The first-order chi connectivity index (χ1) is 11.8. The van der Waals surface area contributed by atoms with Crippen molar-refractivity contribution in [3.63, 3.8) is 0 Å². The topological polar surface area (TPSA) is 83.5 Å². The van der Waals surface area contributed by atoms with E-state index in [1.165, 1.54) is 6.26 Å². The average molecular weight is 319 g/mol. The molecule has 2 N–H and O–H groups in total. The minimum Gasteiger partial charge on any atom is -0.477 e. The Morgan fingerprint density at radius 1 is 1.12 bits per heavy atom. The third-order valence-corrected chi connectivity index (χ3v) is 3.85. The van der Waals surface area contributed by atoms with Gasteiger partial charge in [0.15, 0.2) is 0 Å². The van der Waals surface area contributed by atoms with Crippen LogP contribution in [-0.4, -0.2) is 25.7 Å². The van der Waals surface area contributed by atoms with E-state index < -0.39 is 5.97 Å². The molecule has 0 fully saturated rings. The Bertz CT molecular complexity index is 1150. The molecule has 0 amide bonds. The van der Waals surface area contributed by atoms with Crippen LogP contribution < -0.4 is 0 Å². The molecule has 6 heteroatoms. The maximum atomic E-state index is 11.6. The number of carbonyl (C=O) groups is 1. The van der Waals surface area contributed by atoms with Crippen LogP contribution in [0.2, 0.25) is 0 Å². The van der Waals surface area contributed by atoms with E-state index in [9.17, 15) is 9.90 Å². The quantitative estimate of drug-likeness (QED) is 0.556. The highest BCUT2D eigenvalue weighted by Crippen LogP contribution is 2.27. The van der Waals surface area contributed by atoms with Gasteiger partial charge >= 0.3 is 5.97 Å². The first-order valence-corrected chi connectivity index (χ1v) is 7.32. The third kappa shape index (κ3) is 2.21. The van der Waals surface area contributed by atoms with Crippen molar-refractivity contribution in [3.05, 3.63) is 73.1 Å². The van der Waals surface area contributed by atoms with Gasteiger partial charge in [0, 0.05) is 34.6 Å². The van der Waals surface area contributed by atoms with Gasteiger partial charge in [-0.3, -0.25) is 5.10 Å². The summed E-state index contributed by atoms with van der Waals surface area (Å²) in [5, 5.41) is 19.2. The van der Waals surface area contributed by atoms with Gasteiger partial charge in [-0.1, -0.05) is 18.2 Å². The van der Waals surface area contributed by atoms with Crippen LogP contribution in [0.1, 0.15) is 10.5 Å². The Kier molecular flexibility index (Phi) is 3.28. The van der Waals surface area contributed by atoms with Crippen molar-refractivity contribution in [1.29, 1.82) is 0 Å². The molecule has 4 aromatic rings. The molecular weight excluding hydrogens is 306 g/mol. The van der Waals surface area contributed by atoms with Crippen molar-refractivity contribution in [2.45, 2.75) is 0 Å². The zero-order chi connectivity index (χ0) is 16.5. The highest BCUT2D eigenvalue weighted by Gasteiger charge is 2.13. The van der Waals surface area contributed by atoms with E-state index in [1.54, 1.807) is 47.3 Å². The summed E-state index contributed by atoms with van der Waals surface area (Å²) in [7, 11) is 0. The number of carboxylic acid groups (broad SMARTS) is 1. The fraction of sp³-hybridized carbons (Fsp3) is 0. The lowest BCUT2D eigenvalue weighted by Gasteiger charge is -1.99. The second-order valence-corrected chi connectivity index (χ2v) is 5.24. The van der Waals surface area contributed by atoms with Crippen molar-refractivity contribution >= 4 is 33.2 Å². The Hall–Kier alpha value is -3.54. The molecular formula is C18H13N3O3. The van der Waals surface area contributed by atoms with Crippen LogP contribution >= 0.6 is 0 Å². The highest BCUT2D eigenvalue weighted by molar-refractivity contribution is 6.10. The first-order valence-electron chi connectivity index (χ1n) is 7.32. The van der Waals surface area contributed by atoms with Crippen LogP contribution in [0.5, 0.6) is 0 Å². The van der Waals surface area contributed by atoms with Gasteiger partial charge in [-0.05, 0) is 18.2 Å². The largest absolute Gasteiger partial charge is 0.477 e. The number of fused-ring (bicyclic) bond motifs is 2. The molecule has 0 aliphatic rings. The molecule has 0 aliphatic carbocycles. The molecule has 0 spiro atoms. The first kappa shape index (κ1) is 14.1. The van der Waals surface area contributed by atoms with Crippen molar-refractivity contribution in [3.8, 4) is 0 Å². The summed E-state index contributed by atoms with van der Waals surface area (Å²) in [6.45, 7) is 0. The number of aromatic amines is 1. The molecule has 6 nitrogen and oxygen atoms in total. The Morgan fingerprint density at radius 3 is 2.92 bits per heavy atom. The predicted octanol–water partition coefficient (Wildman–Crippen LogP) is 3.95. The van der Waals surface area contributed by atoms with E-state index in [2.05, 4.69) is 10.2 Å². The molecule has 1 aromatic carbocycles. The number of aromatic carboxylic acids is 1. The maximum Gasteiger partial charge on any atom is 0.352 e.